The molecule has 0 radical (unpaired) electrons. The van der Waals surface area contributed by atoms with Crippen LogP contribution in [0, 0.1) is 17.6 Å². The predicted octanol–water partition coefficient (Wildman–Crippen LogP) is 5.12. The summed E-state index contributed by atoms with van der Waals surface area (Å²) in [5.41, 5.74) is 10.1. The molecular formula is C58H74F2N16O7. The lowest BCUT2D eigenvalue weighted by atomic mass is 9.96. The quantitative estimate of drug-likeness (QED) is 0.0377. The van der Waals surface area contributed by atoms with Crippen LogP contribution in [0.15, 0.2) is 59.7 Å². The lowest BCUT2D eigenvalue weighted by Gasteiger charge is -2.49. The van der Waals surface area contributed by atoms with Crippen LogP contribution in [-0.4, -0.2) is 161 Å². The highest BCUT2D eigenvalue weighted by molar-refractivity contribution is 6.14. The van der Waals surface area contributed by atoms with Crippen molar-refractivity contribution in [1.29, 1.82) is 0 Å². The number of nitrogens with one attached hydrogen (secondary N) is 3. The molecule has 6 aromatic rings. The second kappa shape index (κ2) is 25.3. The average molecular weight is 1150 g/mol. The van der Waals surface area contributed by atoms with E-state index >= 15 is 0 Å². The molecule has 442 valence electrons. The van der Waals surface area contributed by atoms with Gasteiger partial charge in [-0.25, -0.2) is 23.5 Å². The number of benzene rings is 2. The maximum Gasteiger partial charge on any atom is 0.329 e. The van der Waals surface area contributed by atoms with Gasteiger partial charge in [0.1, 0.15) is 46.5 Å². The molecule has 7 heterocycles. The van der Waals surface area contributed by atoms with Crippen molar-refractivity contribution in [3.8, 4) is 0 Å². The van der Waals surface area contributed by atoms with Gasteiger partial charge in [0.05, 0.1) is 46.2 Å². The van der Waals surface area contributed by atoms with Gasteiger partial charge in [0.2, 0.25) is 29.6 Å². The van der Waals surface area contributed by atoms with Crippen LogP contribution >= 0.6 is 0 Å². The van der Waals surface area contributed by atoms with E-state index in [-0.39, 0.29) is 60.4 Å². The first-order chi connectivity index (χ1) is 39.9. The maximum atomic E-state index is 14.8. The Balaban J connectivity index is 0.000000258. The van der Waals surface area contributed by atoms with Crippen molar-refractivity contribution >= 4 is 98.1 Å². The zero-order chi connectivity index (χ0) is 59.4. The lowest BCUT2D eigenvalue weighted by molar-refractivity contribution is -0.140. The van der Waals surface area contributed by atoms with Crippen molar-refractivity contribution in [3.05, 3.63) is 82.7 Å². The maximum absolute atomic E-state index is 14.8. The third-order valence-electron chi connectivity index (χ3n) is 16.4. The van der Waals surface area contributed by atoms with Crippen LogP contribution in [0.5, 0.6) is 0 Å². The van der Waals surface area contributed by atoms with E-state index in [1.54, 1.807) is 44.4 Å². The molecule has 0 bridgehead atoms. The molecule has 5 amide bonds. The molecule has 2 atom stereocenters. The molecule has 3 saturated heterocycles. The van der Waals surface area contributed by atoms with Crippen LogP contribution in [0.1, 0.15) is 94.2 Å². The van der Waals surface area contributed by atoms with E-state index in [9.17, 15) is 42.3 Å². The summed E-state index contributed by atoms with van der Waals surface area (Å²) in [5.74, 6) is -3.10. The number of nitrogens with two attached hydrogens (primary N) is 1. The molecule has 25 heteroatoms. The zero-order valence-electron chi connectivity index (χ0n) is 48.2. The molecule has 83 heavy (non-hydrogen) atoms. The van der Waals surface area contributed by atoms with Crippen molar-refractivity contribution in [2.24, 2.45) is 13.0 Å². The number of amides is 5. The van der Waals surface area contributed by atoms with Crippen molar-refractivity contribution in [2.45, 2.75) is 89.8 Å². The second-order valence-corrected chi connectivity index (χ2v) is 21.8. The SMILES string of the molecule is CCCN(CC)c1ccc(F)c2c1n(C)c(=O)n2C(C=O)CCC(=O)NC.CN(C)C(=O)c1cc2cnc(Nc3ccc(N4CC(N5CCN(c6ccc(F)c(N)c6N(C)C(=O)C6CCC(=O)NC6=O)CC5)C4)cn3)nc2n1C1CCCC1. The smallest absolute Gasteiger partial charge is 0.329 e. The summed E-state index contributed by atoms with van der Waals surface area (Å²) < 4.78 is 34.1. The van der Waals surface area contributed by atoms with Gasteiger partial charge in [-0.3, -0.25) is 43.3 Å². The molecule has 0 spiro atoms. The number of nitrogens with zero attached hydrogens (tertiary/aromatic N) is 12. The van der Waals surface area contributed by atoms with Crippen LogP contribution in [0.4, 0.5) is 49.0 Å². The topological polar surface area (TPSA) is 254 Å². The first-order valence-corrected chi connectivity index (χ1v) is 28.4. The van der Waals surface area contributed by atoms with Gasteiger partial charge in [0.15, 0.2) is 0 Å². The fourth-order valence-electron chi connectivity index (χ4n) is 11.8. The van der Waals surface area contributed by atoms with Crippen molar-refractivity contribution < 1.29 is 37.5 Å². The summed E-state index contributed by atoms with van der Waals surface area (Å²) in [5, 5.41) is 8.78. The Morgan fingerprint density at radius 3 is 2.25 bits per heavy atom. The molecule has 1 aliphatic carbocycles. The molecule has 10 rings (SSSR count). The summed E-state index contributed by atoms with van der Waals surface area (Å²) in [6.45, 7) is 10.0. The number of hydrogen-bond acceptors (Lipinski definition) is 16. The van der Waals surface area contributed by atoms with Crippen LogP contribution in [0.2, 0.25) is 0 Å². The molecule has 3 aliphatic heterocycles. The van der Waals surface area contributed by atoms with Crippen LogP contribution < -0.4 is 47.0 Å². The Morgan fingerprint density at radius 1 is 0.892 bits per heavy atom. The number of anilines is 7. The number of nitrogen functional groups attached to an aromatic ring is 1. The average Bonchev–Trinajstić information content (AvgIpc) is 2.46. The number of carbonyl (C=O) groups is 6. The minimum absolute atomic E-state index is 0.0473. The summed E-state index contributed by atoms with van der Waals surface area (Å²) in [6, 6.07) is 11.4. The number of fused-ring (bicyclic) bond motifs is 2. The number of rotatable bonds is 18. The molecule has 2 aromatic carbocycles. The van der Waals surface area contributed by atoms with Crippen molar-refractivity contribution in [2.75, 3.05) is 111 Å². The van der Waals surface area contributed by atoms with Gasteiger partial charge in [-0.05, 0) is 81.5 Å². The van der Waals surface area contributed by atoms with Crippen LogP contribution in [0.3, 0.4) is 0 Å². The fraction of sp³-hybridized carbons (Fsp3) is 0.483. The molecular weight excluding hydrogens is 1070 g/mol. The van der Waals surface area contributed by atoms with Gasteiger partial charge in [-0.15, -0.1) is 0 Å². The number of halogens is 2. The van der Waals surface area contributed by atoms with Crippen molar-refractivity contribution in [1.82, 2.24) is 49.1 Å². The highest BCUT2D eigenvalue weighted by Gasteiger charge is 2.38. The lowest BCUT2D eigenvalue weighted by Crippen LogP contribution is -2.63. The highest BCUT2D eigenvalue weighted by Crippen LogP contribution is 2.40. The fourth-order valence-corrected chi connectivity index (χ4v) is 11.8. The van der Waals surface area contributed by atoms with E-state index in [4.69, 9.17) is 10.7 Å². The Hall–Kier alpha value is -8.48. The van der Waals surface area contributed by atoms with E-state index in [0.717, 1.165) is 87.2 Å². The highest BCUT2D eigenvalue weighted by atomic mass is 19.1. The van der Waals surface area contributed by atoms with Gasteiger partial charge in [-0.1, -0.05) is 19.8 Å². The number of aryl methyl sites for hydroxylation is 1. The molecule has 2 unspecified atom stereocenters. The van der Waals surface area contributed by atoms with Gasteiger partial charge in [0, 0.05) is 124 Å². The molecule has 1 saturated carbocycles. The second-order valence-electron chi connectivity index (χ2n) is 21.8. The van der Waals surface area contributed by atoms with E-state index in [2.05, 4.69) is 57.0 Å². The zero-order valence-corrected chi connectivity index (χ0v) is 48.2. The number of imidazole rings is 1. The Morgan fingerprint density at radius 2 is 1.61 bits per heavy atom. The number of imide groups is 1. The molecule has 5 N–H and O–H groups in total. The molecule has 23 nitrogen and oxygen atoms in total. The Bertz CT molecular complexity index is 3470. The van der Waals surface area contributed by atoms with E-state index in [1.807, 2.05) is 31.3 Å². The van der Waals surface area contributed by atoms with Crippen molar-refractivity contribution in [3.63, 3.8) is 0 Å². The largest absolute Gasteiger partial charge is 0.395 e. The molecule has 4 fully saturated rings. The van der Waals surface area contributed by atoms with Crippen LogP contribution in [-0.2, 0) is 31.0 Å². The van der Waals surface area contributed by atoms with Gasteiger partial charge >= 0.3 is 5.69 Å². The van der Waals surface area contributed by atoms with Gasteiger partial charge in [0.25, 0.3) is 5.91 Å². The normalized spacial score (nSPS) is 17.2. The number of piperazine rings is 1. The summed E-state index contributed by atoms with van der Waals surface area (Å²) >= 11 is 0. The Labute approximate surface area is 479 Å². The van der Waals surface area contributed by atoms with E-state index in [0.29, 0.717) is 60.6 Å². The number of aldehydes is 1. The number of carbonyl (C=O) groups excluding carboxylic acids is 6. The number of hydrogen-bond donors (Lipinski definition) is 4. The molecule has 4 aromatic heterocycles. The first-order valence-electron chi connectivity index (χ1n) is 28.4. The molecule has 4 aliphatic rings. The Kier molecular flexibility index (Phi) is 18.1. The minimum atomic E-state index is -1.05. The standard InChI is InChI=1S/C39H47FN12O4.C19H27FN4O3/c1-47(2)38(56)30-18-23-19-43-39(46-35(23)52(30)24-6-4-5-7-24)44-31-12-8-25(20-42-31)51-21-26(22-51)49-14-16-50(17-15-49)29-11-10-28(40)33(41)34(29)48(3)37(55)27-9-13-32(53)45-36(27)54;1-5-11-23(6-2)15-9-8-14(20)17-18(15)22(4)19(27)24(17)13(12-25)7-10-16(26)21-3/h8,10-12,18-20,24,26-27H,4-7,9,13-17,21-22,41H2,1-3H3,(H,45,53,54)(H,42,43,44,46);8-9,12-13H,5-7,10-11H2,1-4H3,(H,21,26). The van der Waals surface area contributed by atoms with Crippen LogP contribution in [0.25, 0.3) is 22.1 Å². The monoisotopic (exact) mass is 1140 g/mol. The van der Waals surface area contributed by atoms with E-state index < -0.39 is 47.0 Å². The third-order valence-corrected chi connectivity index (χ3v) is 16.4. The predicted molar refractivity (Wildman–Crippen MR) is 314 cm³/mol. The number of aromatic nitrogens is 6. The van der Waals surface area contributed by atoms with Gasteiger partial charge < -0.3 is 50.2 Å². The van der Waals surface area contributed by atoms with Gasteiger partial charge in [-0.2, -0.15) is 4.98 Å². The van der Waals surface area contributed by atoms with E-state index in [1.165, 1.54) is 40.3 Å². The summed E-state index contributed by atoms with van der Waals surface area (Å²) in [7, 11) is 8.09. The third kappa shape index (κ3) is 12.1. The minimum Gasteiger partial charge on any atom is -0.395 e. The summed E-state index contributed by atoms with van der Waals surface area (Å²) in [4.78, 5) is 112. The number of pyridine rings is 1. The first kappa shape index (κ1) is 59.2. The summed E-state index contributed by atoms with van der Waals surface area (Å²) in [6.07, 6.45) is 9.76. The number of piperidine rings is 1.